The van der Waals surface area contributed by atoms with Crippen molar-refractivity contribution in [3.8, 4) is 5.75 Å². The molecule has 0 radical (unpaired) electrons. The normalized spacial score (nSPS) is 15.9. The zero-order chi connectivity index (χ0) is 31.9. The molecule has 2 heterocycles. The van der Waals surface area contributed by atoms with Crippen LogP contribution in [0, 0.1) is 5.41 Å². The third-order valence-corrected chi connectivity index (χ3v) is 8.84. The third-order valence-electron chi connectivity index (χ3n) is 7.23. The minimum Gasteiger partial charge on any atom is -0.489 e. The number of amidine groups is 2. The van der Waals surface area contributed by atoms with Crippen LogP contribution in [-0.2, 0) is 19.6 Å². The number of primary amides is 1. The van der Waals surface area contributed by atoms with E-state index in [2.05, 4.69) is 9.89 Å². The number of carbonyl (C=O) groups excluding carboxylic acids is 2. The van der Waals surface area contributed by atoms with Gasteiger partial charge in [-0.15, -0.1) is 0 Å². The van der Waals surface area contributed by atoms with Crippen LogP contribution < -0.4 is 20.5 Å². The van der Waals surface area contributed by atoms with Crippen LogP contribution in [0.2, 0.25) is 0 Å². The molecule has 0 aliphatic carbocycles. The number of aliphatic imine (C=N–C) groups is 1. The number of hydrogen-bond donors (Lipinski definition) is 3. The van der Waals surface area contributed by atoms with Gasteiger partial charge >= 0.3 is 5.97 Å². The molecule has 0 saturated carbocycles. The average molecular weight is 629 g/mol. The number of nitrogens with zero attached hydrogens (tertiary/aromatic N) is 3. The van der Waals surface area contributed by atoms with Gasteiger partial charge in [0, 0.05) is 44.5 Å². The molecule has 2 aliphatic rings. The Bertz CT molecular complexity index is 1570. The zero-order valence-electron chi connectivity index (χ0n) is 24.5. The molecule has 2 aliphatic heterocycles. The van der Waals surface area contributed by atoms with Gasteiger partial charge in [-0.2, -0.15) is 0 Å². The summed E-state index contributed by atoms with van der Waals surface area (Å²) in [6.45, 7) is 3.05. The van der Waals surface area contributed by atoms with Crippen molar-refractivity contribution in [3.63, 3.8) is 0 Å². The summed E-state index contributed by atoms with van der Waals surface area (Å²) in [6.07, 6.45) is 4.30. The van der Waals surface area contributed by atoms with E-state index in [9.17, 15) is 18.0 Å². The van der Waals surface area contributed by atoms with Crippen LogP contribution in [0.3, 0.4) is 0 Å². The standard InChI is InChI=1S/C30H37FN6O6S/c1-2-42-28(38)19-44(40,41)37(18-22(31)16-20-5-3-6-21(15-20)29(32)33)23-8-9-26(25(17-23)30(34)39)43-24-10-13-36(14-11-24)27-7-4-12-35-27/h3,5-6,8-9,15-17,24H,2,4,7,10-14,18-19H2,1H3,(H3,32,33)(H2,34,39). The number of nitrogens with two attached hydrogens (primary N) is 2. The second-order valence-electron chi connectivity index (χ2n) is 10.4. The summed E-state index contributed by atoms with van der Waals surface area (Å²) < 4.78 is 53.8. The lowest BCUT2D eigenvalue weighted by Gasteiger charge is -2.34. The number of nitrogens with one attached hydrogen (secondary N) is 1. The second-order valence-corrected chi connectivity index (χ2v) is 12.3. The van der Waals surface area contributed by atoms with Crippen LogP contribution in [0.25, 0.3) is 6.08 Å². The number of benzene rings is 2. The first-order valence-electron chi connectivity index (χ1n) is 14.3. The Kier molecular flexibility index (Phi) is 10.6. The fraction of sp³-hybridized carbons (Fsp3) is 0.400. The van der Waals surface area contributed by atoms with Crippen LogP contribution in [0.5, 0.6) is 5.75 Å². The van der Waals surface area contributed by atoms with E-state index in [0.29, 0.717) is 28.3 Å². The summed E-state index contributed by atoms with van der Waals surface area (Å²) in [6, 6.07) is 10.2. The van der Waals surface area contributed by atoms with Crippen molar-refractivity contribution in [2.45, 2.75) is 38.7 Å². The summed E-state index contributed by atoms with van der Waals surface area (Å²) in [5.41, 5.74) is 11.7. The van der Waals surface area contributed by atoms with Crippen molar-refractivity contribution < 1.29 is 31.9 Å². The van der Waals surface area contributed by atoms with E-state index in [1.54, 1.807) is 18.2 Å². The first-order valence-corrected chi connectivity index (χ1v) is 15.9. The number of amides is 1. The van der Waals surface area contributed by atoms with E-state index >= 15 is 4.39 Å². The maximum atomic E-state index is 15.4. The monoisotopic (exact) mass is 628 g/mol. The van der Waals surface area contributed by atoms with Crippen LogP contribution in [-0.4, -0.2) is 81.5 Å². The van der Waals surface area contributed by atoms with Crippen LogP contribution >= 0.6 is 0 Å². The number of carbonyl (C=O) groups is 2. The summed E-state index contributed by atoms with van der Waals surface area (Å²) >= 11 is 0. The maximum Gasteiger partial charge on any atom is 0.323 e. The Morgan fingerprint density at radius 3 is 2.57 bits per heavy atom. The summed E-state index contributed by atoms with van der Waals surface area (Å²) in [5, 5.41) is 7.60. The van der Waals surface area contributed by atoms with E-state index in [0.717, 1.165) is 44.4 Å². The lowest BCUT2D eigenvalue weighted by Crippen LogP contribution is -2.41. The Balaban J connectivity index is 1.60. The maximum absolute atomic E-state index is 15.4. The van der Waals surface area contributed by atoms with Crippen molar-refractivity contribution >= 4 is 45.3 Å². The molecule has 0 bridgehead atoms. The van der Waals surface area contributed by atoms with E-state index < -0.39 is 40.0 Å². The molecule has 14 heteroatoms. The molecule has 0 aromatic heterocycles. The third kappa shape index (κ3) is 8.34. The lowest BCUT2D eigenvalue weighted by molar-refractivity contribution is -0.139. The molecule has 1 saturated heterocycles. The summed E-state index contributed by atoms with van der Waals surface area (Å²) in [7, 11) is -4.49. The Morgan fingerprint density at radius 2 is 1.93 bits per heavy atom. The van der Waals surface area contributed by atoms with Gasteiger partial charge in [-0.25, -0.2) is 12.8 Å². The molecule has 0 unspecified atom stereocenters. The topological polar surface area (TPSA) is 181 Å². The molecule has 44 heavy (non-hydrogen) atoms. The number of esters is 1. The largest absolute Gasteiger partial charge is 0.489 e. The number of rotatable bonds is 12. The molecule has 0 spiro atoms. The van der Waals surface area contributed by atoms with Crippen molar-refractivity contribution in [2.24, 2.45) is 16.5 Å². The van der Waals surface area contributed by atoms with Crippen molar-refractivity contribution in [1.29, 1.82) is 5.41 Å². The molecular formula is C30H37FN6O6S. The number of hydrogen-bond acceptors (Lipinski definition) is 9. The second kappa shape index (κ2) is 14.3. The van der Waals surface area contributed by atoms with Crippen molar-refractivity contribution in [1.82, 2.24) is 4.90 Å². The van der Waals surface area contributed by atoms with Gasteiger partial charge in [0.05, 0.1) is 30.2 Å². The number of anilines is 1. The Morgan fingerprint density at radius 1 is 1.18 bits per heavy atom. The molecular weight excluding hydrogens is 591 g/mol. The lowest BCUT2D eigenvalue weighted by atomic mass is 10.1. The first-order chi connectivity index (χ1) is 21.0. The average Bonchev–Trinajstić information content (AvgIpc) is 3.52. The molecule has 4 rings (SSSR count). The zero-order valence-corrected chi connectivity index (χ0v) is 25.3. The number of ether oxygens (including phenoxy) is 2. The van der Waals surface area contributed by atoms with Gasteiger partial charge in [0.1, 0.15) is 23.5 Å². The highest BCUT2D eigenvalue weighted by Crippen LogP contribution is 2.30. The minimum atomic E-state index is -4.49. The Hall–Kier alpha value is -4.46. The van der Waals surface area contributed by atoms with E-state index in [1.807, 2.05) is 0 Å². The van der Waals surface area contributed by atoms with Gasteiger partial charge < -0.3 is 25.8 Å². The van der Waals surface area contributed by atoms with Crippen LogP contribution in [0.1, 0.15) is 54.1 Å². The molecule has 12 nitrogen and oxygen atoms in total. The highest BCUT2D eigenvalue weighted by Gasteiger charge is 2.30. The highest BCUT2D eigenvalue weighted by molar-refractivity contribution is 7.93. The summed E-state index contributed by atoms with van der Waals surface area (Å²) in [4.78, 5) is 31.4. The van der Waals surface area contributed by atoms with Gasteiger partial charge in [0.15, 0.2) is 5.75 Å². The number of halogens is 1. The molecule has 5 N–H and O–H groups in total. The molecule has 1 fully saturated rings. The molecule has 2 aromatic rings. The van der Waals surface area contributed by atoms with Crippen molar-refractivity contribution in [2.75, 3.05) is 42.8 Å². The van der Waals surface area contributed by atoms with Gasteiger partial charge in [0.2, 0.25) is 10.0 Å². The Labute approximate surface area is 256 Å². The highest BCUT2D eigenvalue weighted by atomic mass is 32.2. The molecule has 1 amide bonds. The number of likely N-dealkylation sites (tertiary alicyclic amines) is 1. The predicted octanol–water partition coefficient (Wildman–Crippen LogP) is 2.81. The molecule has 236 valence electrons. The van der Waals surface area contributed by atoms with E-state index in [1.165, 1.54) is 31.2 Å². The fourth-order valence-electron chi connectivity index (χ4n) is 5.10. The van der Waals surface area contributed by atoms with E-state index in [-0.39, 0.29) is 35.5 Å². The van der Waals surface area contributed by atoms with Crippen molar-refractivity contribution in [3.05, 3.63) is 65.0 Å². The van der Waals surface area contributed by atoms with E-state index in [4.69, 9.17) is 26.4 Å². The molecule has 2 aromatic carbocycles. The molecule has 0 atom stereocenters. The number of piperidine rings is 1. The minimum absolute atomic E-state index is 0.0417. The van der Waals surface area contributed by atoms with Gasteiger partial charge in [-0.3, -0.25) is 24.3 Å². The number of nitrogen functional groups attached to an aromatic ring is 1. The first kappa shape index (κ1) is 32.5. The quantitative estimate of drug-likeness (QED) is 0.182. The van der Waals surface area contributed by atoms with Gasteiger partial charge in [-0.05, 0) is 49.2 Å². The SMILES string of the molecule is CCOC(=O)CS(=O)(=O)N(CC(F)=Cc1cccc(C(=N)N)c1)c1ccc(OC2CCN(C3=NCCC3)CC2)c(C(N)=O)c1. The fourth-order valence-corrected chi connectivity index (χ4v) is 6.39. The predicted molar refractivity (Wildman–Crippen MR) is 166 cm³/mol. The van der Waals surface area contributed by atoms with Crippen LogP contribution in [0.4, 0.5) is 10.1 Å². The van der Waals surface area contributed by atoms with Crippen LogP contribution in [0.15, 0.2) is 53.3 Å². The summed E-state index contributed by atoms with van der Waals surface area (Å²) in [5.74, 6) is -2.73. The smallest absolute Gasteiger partial charge is 0.323 e. The number of sulfonamides is 1. The van der Waals surface area contributed by atoms with Gasteiger partial charge in [-0.1, -0.05) is 18.2 Å². The van der Waals surface area contributed by atoms with Gasteiger partial charge in [0.25, 0.3) is 5.91 Å².